The summed E-state index contributed by atoms with van der Waals surface area (Å²) in [6, 6.07) is 0.156. The van der Waals surface area contributed by atoms with Gasteiger partial charge in [-0.1, -0.05) is 25.9 Å². The van der Waals surface area contributed by atoms with Crippen LogP contribution >= 0.6 is 0 Å². The lowest BCUT2D eigenvalue weighted by Gasteiger charge is -2.35. The summed E-state index contributed by atoms with van der Waals surface area (Å²) < 4.78 is 17.2. The maximum absolute atomic E-state index is 12.8. The molecule has 0 saturated carbocycles. The van der Waals surface area contributed by atoms with E-state index in [1.165, 1.54) is 0 Å². The first-order chi connectivity index (χ1) is 21.9. The molecule has 3 atom stereocenters. The third-order valence-corrected chi connectivity index (χ3v) is 9.35. The third kappa shape index (κ3) is 8.38. The smallest absolute Gasteiger partial charge is 0.408 e. The molecule has 0 bridgehead atoms. The van der Waals surface area contributed by atoms with Crippen molar-refractivity contribution in [3.8, 4) is 5.75 Å². The summed E-state index contributed by atoms with van der Waals surface area (Å²) >= 11 is 0. The maximum atomic E-state index is 12.8. The van der Waals surface area contributed by atoms with Crippen LogP contribution in [-0.2, 0) is 9.53 Å². The number of carbonyl (C=O) groups is 2. The average Bonchev–Trinajstić information content (AvgIpc) is 3.66. The number of ether oxygens (including phenoxy) is 2. The Morgan fingerprint density at radius 3 is 2.50 bits per heavy atom. The molecule has 254 valence electrons. The van der Waals surface area contributed by atoms with Gasteiger partial charge in [0.05, 0.1) is 30.6 Å². The van der Waals surface area contributed by atoms with E-state index in [2.05, 4.69) is 46.1 Å². The van der Waals surface area contributed by atoms with Crippen LogP contribution in [0.5, 0.6) is 5.75 Å². The number of hydrogen-bond donors (Lipinski definition) is 1. The molecule has 3 aliphatic heterocycles. The molecular formula is C33H52N8O5. The predicted octanol–water partition coefficient (Wildman–Crippen LogP) is 4.71. The van der Waals surface area contributed by atoms with E-state index in [4.69, 9.17) is 19.0 Å². The van der Waals surface area contributed by atoms with Crippen LogP contribution < -0.4 is 19.9 Å². The van der Waals surface area contributed by atoms with Gasteiger partial charge >= 0.3 is 12.1 Å². The van der Waals surface area contributed by atoms with Gasteiger partial charge in [-0.15, -0.1) is 0 Å². The summed E-state index contributed by atoms with van der Waals surface area (Å²) in [5, 5.41) is 7.13. The first kappa shape index (κ1) is 33.7. The predicted molar refractivity (Wildman–Crippen MR) is 174 cm³/mol. The Morgan fingerprint density at radius 1 is 1.09 bits per heavy atom. The molecule has 0 spiro atoms. The fraction of sp³-hybridized carbons (Fsp3) is 0.758. The van der Waals surface area contributed by atoms with Crippen molar-refractivity contribution in [1.82, 2.24) is 30.3 Å². The number of amides is 2. The minimum Gasteiger partial charge on any atom is -0.490 e. The average molecular weight is 641 g/mol. The SMILES string of the molecule is Cc1nc(N2C[C@H](NC(=O)OC(C)(C)C)[C@@H](N3CCCCC3=O)C2)ncc1OCC[C@@H](C)C1CCN(c2nc(C(C)C)no2)CC1. The van der Waals surface area contributed by atoms with E-state index in [9.17, 15) is 9.59 Å². The first-order valence-corrected chi connectivity index (χ1v) is 17.0. The molecule has 3 fully saturated rings. The zero-order valence-electron chi connectivity index (χ0n) is 28.6. The van der Waals surface area contributed by atoms with Gasteiger partial charge in [-0.05, 0) is 71.6 Å². The van der Waals surface area contributed by atoms with E-state index in [0.29, 0.717) is 62.2 Å². The summed E-state index contributed by atoms with van der Waals surface area (Å²) in [5.41, 5.74) is 0.151. The topological polar surface area (TPSA) is 139 Å². The fourth-order valence-electron chi connectivity index (χ4n) is 6.62. The highest BCUT2D eigenvalue weighted by molar-refractivity contribution is 5.78. The first-order valence-electron chi connectivity index (χ1n) is 17.0. The number of carbonyl (C=O) groups excluding carboxylic acids is 2. The fourth-order valence-corrected chi connectivity index (χ4v) is 6.62. The number of hydrogen-bond acceptors (Lipinski definition) is 11. The Kier molecular flexibility index (Phi) is 10.6. The lowest BCUT2D eigenvalue weighted by atomic mass is 9.84. The summed E-state index contributed by atoms with van der Waals surface area (Å²) in [6.07, 6.45) is 6.77. The molecule has 0 aliphatic carbocycles. The largest absolute Gasteiger partial charge is 0.490 e. The van der Waals surface area contributed by atoms with Gasteiger partial charge in [-0.3, -0.25) is 4.79 Å². The third-order valence-electron chi connectivity index (χ3n) is 9.35. The van der Waals surface area contributed by atoms with Gasteiger partial charge in [-0.2, -0.15) is 4.98 Å². The number of nitrogens with zero attached hydrogens (tertiary/aromatic N) is 7. The van der Waals surface area contributed by atoms with Crippen molar-refractivity contribution in [1.29, 1.82) is 0 Å². The van der Waals surface area contributed by atoms with Crippen LogP contribution in [-0.4, -0.2) is 94.0 Å². The molecule has 1 N–H and O–H groups in total. The van der Waals surface area contributed by atoms with Crippen LogP contribution in [0.25, 0.3) is 0 Å². The number of alkyl carbamates (subject to hydrolysis) is 1. The molecule has 2 aromatic heterocycles. The van der Waals surface area contributed by atoms with Crippen molar-refractivity contribution >= 4 is 24.0 Å². The van der Waals surface area contributed by atoms with Gasteiger partial charge in [0.15, 0.2) is 11.6 Å². The Morgan fingerprint density at radius 2 is 1.85 bits per heavy atom. The van der Waals surface area contributed by atoms with Crippen LogP contribution in [0, 0.1) is 18.8 Å². The number of piperidine rings is 2. The number of aromatic nitrogens is 4. The van der Waals surface area contributed by atoms with Crippen molar-refractivity contribution in [2.75, 3.05) is 49.1 Å². The maximum Gasteiger partial charge on any atom is 0.408 e. The zero-order valence-corrected chi connectivity index (χ0v) is 28.6. The highest BCUT2D eigenvalue weighted by Crippen LogP contribution is 2.31. The van der Waals surface area contributed by atoms with Crippen molar-refractivity contribution in [2.24, 2.45) is 11.8 Å². The summed E-state index contributed by atoms with van der Waals surface area (Å²) in [4.78, 5) is 45.7. The van der Waals surface area contributed by atoms with Gasteiger partial charge in [0, 0.05) is 45.1 Å². The minimum absolute atomic E-state index is 0.127. The van der Waals surface area contributed by atoms with E-state index in [1.54, 1.807) is 6.20 Å². The molecule has 3 saturated heterocycles. The molecule has 0 radical (unpaired) electrons. The molecule has 2 aromatic rings. The van der Waals surface area contributed by atoms with Gasteiger partial charge < -0.3 is 34.0 Å². The molecular weight excluding hydrogens is 588 g/mol. The lowest BCUT2D eigenvalue weighted by molar-refractivity contribution is -0.135. The second kappa shape index (κ2) is 14.4. The number of aryl methyl sites for hydroxylation is 1. The van der Waals surface area contributed by atoms with Crippen molar-refractivity contribution < 1.29 is 23.6 Å². The van der Waals surface area contributed by atoms with Gasteiger partial charge in [0.2, 0.25) is 11.9 Å². The minimum atomic E-state index is -0.613. The molecule has 5 heterocycles. The second-order valence-corrected chi connectivity index (χ2v) is 14.4. The number of anilines is 2. The van der Waals surface area contributed by atoms with E-state index in [-0.39, 0.29) is 23.9 Å². The van der Waals surface area contributed by atoms with Crippen LogP contribution in [0.3, 0.4) is 0 Å². The number of nitrogens with one attached hydrogen (secondary N) is 1. The van der Waals surface area contributed by atoms with E-state index >= 15 is 0 Å². The highest BCUT2D eigenvalue weighted by atomic mass is 16.6. The number of likely N-dealkylation sites (tertiary alicyclic amines) is 1. The van der Waals surface area contributed by atoms with Crippen LogP contribution in [0.4, 0.5) is 16.8 Å². The van der Waals surface area contributed by atoms with Gasteiger partial charge in [0.1, 0.15) is 5.60 Å². The number of rotatable bonds is 10. The molecule has 5 rings (SSSR count). The van der Waals surface area contributed by atoms with Gasteiger partial charge in [-0.25, -0.2) is 14.8 Å². The Balaban J connectivity index is 1.13. The molecule has 13 nitrogen and oxygen atoms in total. The van der Waals surface area contributed by atoms with Crippen molar-refractivity contribution in [3.63, 3.8) is 0 Å². The molecule has 46 heavy (non-hydrogen) atoms. The van der Waals surface area contributed by atoms with E-state index in [1.807, 2.05) is 37.5 Å². The van der Waals surface area contributed by atoms with Crippen molar-refractivity contribution in [2.45, 2.75) is 111 Å². The van der Waals surface area contributed by atoms with E-state index < -0.39 is 11.7 Å². The van der Waals surface area contributed by atoms with Crippen LogP contribution in [0.15, 0.2) is 10.7 Å². The summed E-state index contributed by atoms with van der Waals surface area (Å²) in [5.74, 6) is 3.51. The second-order valence-electron chi connectivity index (χ2n) is 14.4. The lowest BCUT2D eigenvalue weighted by Crippen LogP contribution is -2.54. The van der Waals surface area contributed by atoms with Gasteiger partial charge in [0.25, 0.3) is 0 Å². The zero-order chi connectivity index (χ0) is 33.0. The highest BCUT2D eigenvalue weighted by Gasteiger charge is 2.42. The quantitative estimate of drug-likeness (QED) is 0.386. The van der Waals surface area contributed by atoms with Crippen LogP contribution in [0.1, 0.15) is 97.5 Å². The van der Waals surface area contributed by atoms with E-state index in [0.717, 1.165) is 56.7 Å². The summed E-state index contributed by atoms with van der Waals surface area (Å²) in [7, 11) is 0. The summed E-state index contributed by atoms with van der Waals surface area (Å²) in [6.45, 7) is 18.0. The van der Waals surface area contributed by atoms with Crippen LogP contribution in [0.2, 0.25) is 0 Å². The Bertz CT molecular complexity index is 1340. The monoisotopic (exact) mass is 640 g/mol. The molecule has 13 heteroatoms. The molecule has 0 unspecified atom stereocenters. The molecule has 0 aromatic carbocycles. The Labute approximate surface area is 272 Å². The molecule has 3 aliphatic rings. The van der Waals surface area contributed by atoms with Crippen molar-refractivity contribution in [3.05, 3.63) is 17.7 Å². The Hall–Kier alpha value is -3.64. The molecule has 2 amide bonds. The standard InChI is InChI=1S/C33H52N8O5/c1-21(2)29-37-31(46-38-29)39-15-11-24(12-16-39)22(3)13-17-44-27-18-34-30(35-23(27)4)40-19-25(36-32(43)45-33(5,6)7)26(20-40)41-14-9-8-10-28(41)42/h18,21-22,24-26H,8-17,19-20H2,1-7H3,(H,36,43)/t22-,25+,26+/m1/s1. The normalized spacial score (nSPS) is 22.0.